The number of aliphatic hydroxyl groups is 1. The van der Waals surface area contributed by atoms with Gasteiger partial charge in [0.05, 0.1) is 6.10 Å². The van der Waals surface area contributed by atoms with E-state index in [2.05, 4.69) is 11.9 Å². The summed E-state index contributed by atoms with van der Waals surface area (Å²) in [4.78, 5) is 2.27. The highest BCUT2D eigenvalue weighted by Crippen LogP contribution is 2.21. The Labute approximate surface area is 107 Å². The highest BCUT2D eigenvalue weighted by molar-refractivity contribution is 5.22. The van der Waals surface area contributed by atoms with E-state index in [4.69, 9.17) is 4.74 Å². The third-order valence-corrected chi connectivity index (χ3v) is 3.54. The number of likely N-dealkylation sites (tertiary alicyclic amines) is 1. The number of rotatable bonds is 4. The molecule has 0 aliphatic carbocycles. The van der Waals surface area contributed by atoms with E-state index in [1.54, 1.807) is 12.1 Å². The van der Waals surface area contributed by atoms with Crippen LogP contribution in [0.3, 0.4) is 0 Å². The van der Waals surface area contributed by atoms with Crippen LogP contribution in [-0.2, 0) is 0 Å². The molecule has 1 unspecified atom stereocenters. The van der Waals surface area contributed by atoms with Crippen molar-refractivity contribution < 1.29 is 14.2 Å². The van der Waals surface area contributed by atoms with Crippen LogP contribution in [0, 0.1) is 11.7 Å². The summed E-state index contributed by atoms with van der Waals surface area (Å²) in [6, 6.07) is 5.88. The lowest BCUT2D eigenvalue weighted by Gasteiger charge is -2.31. The van der Waals surface area contributed by atoms with Gasteiger partial charge in [-0.25, -0.2) is 4.39 Å². The monoisotopic (exact) mass is 253 g/mol. The van der Waals surface area contributed by atoms with E-state index in [1.807, 2.05) is 0 Å². The van der Waals surface area contributed by atoms with Crippen molar-refractivity contribution in [1.82, 2.24) is 4.90 Å². The molecule has 1 N–H and O–H groups in total. The fraction of sp³-hybridized carbons (Fsp3) is 0.571. The highest BCUT2D eigenvalue weighted by atomic mass is 19.1. The standard InChI is InChI=1S/C14H20FNO2/c1-16-8-6-11(7-9-16)14(17)10-18-13-4-2-12(15)3-5-13/h2-5,11,14,17H,6-10H2,1H3. The van der Waals surface area contributed by atoms with E-state index in [0.717, 1.165) is 25.9 Å². The second-order valence-corrected chi connectivity index (χ2v) is 4.97. The number of hydrogen-bond donors (Lipinski definition) is 1. The minimum absolute atomic E-state index is 0.278. The van der Waals surface area contributed by atoms with Gasteiger partial charge in [0.15, 0.2) is 0 Å². The third-order valence-electron chi connectivity index (χ3n) is 3.54. The van der Waals surface area contributed by atoms with Crippen molar-refractivity contribution in [2.24, 2.45) is 5.92 Å². The number of hydrogen-bond acceptors (Lipinski definition) is 3. The number of nitrogens with zero attached hydrogens (tertiary/aromatic N) is 1. The molecule has 3 nitrogen and oxygen atoms in total. The maximum atomic E-state index is 12.7. The molecule has 1 aliphatic heterocycles. The van der Waals surface area contributed by atoms with Crippen LogP contribution in [0.1, 0.15) is 12.8 Å². The number of halogens is 1. The second-order valence-electron chi connectivity index (χ2n) is 4.97. The number of benzene rings is 1. The van der Waals surface area contributed by atoms with Gasteiger partial charge in [0.2, 0.25) is 0 Å². The van der Waals surface area contributed by atoms with Gasteiger partial charge in [0.1, 0.15) is 18.2 Å². The van der Waals surface area contributed by atoms with Crippen LogP contribution < -0.4 is 4.74 Å². The number of piperidine rings is 1. The predicted molar refractivity (Wildman–Crippen MR) is 68.1 cm³/mol. The zero-order valence-corrected chi connectivity index (χ0v) is 10.7. The fourth-order valence-corrected chi connectivity index (χ4v) is 2.26. The molecular weight excluding hydrogens is 233 g/mol. The fourth-order valence-electron chi connectivity index (χ4n) is 2.26. The molecule has 0 amide bonds. The Morgan fingerprint density at radius 3 is 2.56 bits per heavy atom. The Balaban J connectivity index is 1.77. The average Bonchev–Trinajstić information content (AvgIpc) is 2.38. The second kappa shape index (κ2) is 6.16. The van der Waals surface area contributed by atoms with Gasteiger partial charge >= 0.3 is 0 Å². The van der Waals surface area contributed by atoms with E-state index >= 15 is 0 Å². The van der Waals surface area contributed by atoms with Crippen LogP contribution >= 0.6 is 0 Å². The molecule has 100 valence electrons. The molecule has 0 radical (unpaired) electrons. The molecule has 0 spiro atoms. The molecule has 18 heavy (non-hydrogen) atoms. The smallest absolute Gasteiger partial charge is 0.123 e. The summed E-state index contributed by atoms with van der Waals surface area (Å²) in [6.07, 6.45) is 1.57. The van der Waals surface area contributed by atoms with Crippen LogP contribution in [0.5, 0.6) is 5.75 Å². The van der Waals surface area contributed by atoms with Crippen molar-refractivity contribution >= 4 is 0 Å². The Morgan fingerprint density at radius 2 is 1.94 bits per heavy atom. The summed E-state index contributed by atoms with van der Waals surface area (Å²) < 4.78 is 18.2. The van der Waals surface area contributed by atoms with Crippen molar-refractivity contribution in [3.8, 4) is 5.75 Å². The molecular formula is C14H20FNO2. The zero-order valence-electron chi connectivity index (χ0n) is 10.7. The van der Waals surface area contributed by atoms with E-state index in [9.17, 15) is 9.50 Å². The predicted octanol–water partition coefficient (Wildman–Crippen LogP) is 1.91. The largest absolute Gasteiger partial charge is 0.491 e. The van der Waals surface area contributed by atoms with Gasteiger partial charge in [-0.2, -0.15) is 0 Å². The van der Waals surface area contributed by atoms with Crippen LogP contribution in [0.2, 0.25) is 0 Å². The molecule has 0 bridgehead atoms. The Hall–Kier alpha value is -1.13. The number of aliphatic hydroxyl groups excluding tert-OH is 1. The molecule has 1 aromatic carbocycles. The van der Waals surface area contributed by atoms with Gasteiger partial charge in [0.25, 0.3) is 0 Å². The van der Waals surface area contributed by atoms with E-state index < -0.39 is 6.10 Å². The summed E-state index contributed by atoms with van der Waals surface area (Å²) in [6.45, 7) is 2.33. The molecule has 1 atom stereocenters. The summed E-state index contributed by atoms with van der Waals surface area (Å²) in [7, 11) is 2.09. The molecule has 1 saturated heterocycles. The molecule has 1 aromatic rings. The van der Waals surface area contributed by atoms with Gasteiger partial charge < -0.3 is 14.7 Å². The van der Waals surface area contributed by atoms with E-state index in [-0.39, 0.29) is 12.4 Å². The average molecular weight is 253 g/mol. The molecule has 2 rings (SSSR count). The van der Waals surface area contributed by atoms with Crippen molar-refractivity contribution in [2.45, 2.75) is 18.9 Å². The Bertz CT molecular complexity index is 361. The quantitative estimate of drug-likeness (QED) is 0.889. The van der Waals surface area contributed by atoms with Gasteiger partial charge in [-0.05, 0) is 63.2 Å². The first-order valence-corrected chi connectivity index (χ1v) is 6.40. The highest BCUT2D eigenvalue weighted by Gasteiger charge is 2.24. The molecule has 1 aliphatic rings. The molecule has 0 saturated carbocycles. The molecule has 4 heteroatoms. The Kier molecular flexibility index (Phi) is 4.55. The van der Waals surface area contributed by atoms with Gasteiger partial charge in [0, 0.05) is 0 Å². The molecule has 1 heterocycles. The van der Waals surface area contributed by atoms with Crippen molar-refractivity contribution in [3.05, 3.63) is 30.1 Å². The lowest BCUT2D eigenvalue weighted by Crippen LogP contribution is -2.37. The first-order chi connectivity index (χ1) is 8.65. The topological polar surface area (TPSA) is 32.7 Å². The lowest BCUT2D eigenvalue weighted by molar-refractivity contribution is 0.0298. The van der Waals surface area contributed by atoms with E-state index in [0.29, 0.717) is 11.7 Å². The number of ether oxygens (including phenoxy) is 1. The lowest BCUT2D eigenvalue weighted by atomic mass is 9.92. The Morgan fingerprint density at radius 1 is 1.33 bits per heavy atom. The first kappa shape index (κ1) is 13.3. The van der Waals surface area contributed by atoms with Gasteiger partial charge in [-0.1, -0.05) is 0 Å². The molecule has 1 fully saturated rings. The third kappa shape index (κ3) is 3.68. The van der Waals surface area contributed by atoms with Crippen LogP contribution in [0.4, 0.5) is 4.39 Å². The van der Waals surface area contributed by atoms with Crippen molar-refractivity contribution in [2.75, 3.05) is 26.7 Å². The minimum Gasteiger partial charge on any atom is -0.491 e. The zero-order chi connectivity index (χ0) is 13.0. The van der Waals surface area contributed by atoms with Crippen molar-refractivity contribution in [1.29, 1.82) is 0 Å². The summed E-state index contributed by atoms with van der Waals surface area (Å²) in [5.74, 6) is 0.628. The summed E-state index contributed by atoms with van der Waals surface area (Å²) >= 11 is 0. The van der Waals surface area contributed by atoms with Gasteiger partial charge in [-0.15, -0.1) is 0 Å². The minimum atomic E-state index is -0.441. The van der Waals surface area contributed by atoms with Crippen molar-refractivity contribution in [3.63, 3.8) is 0 Å². The summed E-state index contributed by atoms with van der Waals surface area (Å²) in [5.41, 5.74) is 0. The first-order valence-electron chi connectivity index (χ1n) is 6.40. The van der Waals surface area contributed by atoms with Crippen LogP contribution in [0.25, 0.3) is 0 Å². The summed E-state index contributed by atoms with van der Waals surface area (Å²) in [5, 5.41) is 10.1. The van der Waals surface area contributed by atoms with Gasteiger partial charge in [-0.3, -0.25) is 0 Å². The molecule has 0 aromatic heterocycles. The van der Waals surface area contributed by atoms with Crippen LogP contribution in [0.15, 0.2) is 24.3 Å². The SMILES string of the molecule is CN1CCC(C(O)COc2ccc(F)cc2)CC1. The van der Waals surface area contributed by atoms with E-state index in [1.165, 1.54) is 12.1 Å². The maximum absolute atomic E-state index is 12.7. The van der Waals surface area contributed by atoms with Crippen LogP contribution in [-0.4, -0.2) is 42.9 Å². The normalized spacial score (nSPS) is 19.7. The maximum Gasteiger partial charge on any atom is 0.123 e.